The topological polar surface area (TPSA) is 63.8 Å². The molecule has 0 saturated heterocycles. The Morgan fingerprint density at radius 1 is 1.19 bits per heavy atom. The summed E-state index contributed by atoms with van der Waals surface area (Å²) in [6.07, 6.45) is 3.05. The average molecular weight is 214 g/mol. The maximum Gasteiger partial charge on any atom is 0.157 e. The lowest BCUT2D eigenvalue weighted by atomic mass is 10.1. The minimum absolute atomic E-state index is 0.542. The number of aromatic nitrogens is 2. The number of aryl methyl sites for hydroxylation is 2. The molecule has 0 aliphatic rings. The van der Waals surface area contributed by atoms with Gasteiger partial charge < -0.3 is 11.1 Å². The molecule has 82 valence electrons. The average Bonchev–Trinajstić information content (AvgIpc) is 2.27. The Bertz CT molecular complexity index is 508. The van der Waals surface area contributed by atoms with Crippen LogP contribution in [0.15, 0.2) is 30.7 Å². The number of nitrogen functional groups attached to an aromatic ring is 1. The highest BCUT2D eigenvalue weighted by Crippen LogP contribution is 2.21. The van der Waals surface area contributed by atoms with Crippen LogP contribution in [-0.4, -0.2) is 9.97 Å². The van der Waals surface area contributed by atoms with Crippen molar-refractivity contribution in [2.75, 3.05) is 11.1 Å². The molecule has 0 fully saturated rings. The van der Waals surface area contributed by atoms with Gasteiger partial charge in [-0.3, -0.25) is 0 Å². The number of rotatable bonds is 2. The third-order valence-corrected chi connectivity index (χ3v) is 2.51. The molecule has 2 aromatic rings. The van der Waals surface area contributed by atoms with Crippen LogP contribution in [0.2, 0.25) is 0 Å². The van der Waals surface area contributed by atoms with E-state index in [1.807, 2.05) is 6.07 Å². The molecule has 0 unspecified atom stereocenters. The number of nitrogens with one attached hydrogen (secondary N) is 1. The summed E-state index contributed by atoms with van der Waals surface area (Å²) in [5.74, 6) is 0.637. The van der Waals surface area contributed by atoms with E-state index < -0.39 is 0 Å². The van der Waals surface area contributed by atoms with Crippen LogP contribution in [0.25, 0.3) is 0 Å². The van der Waals surface area contributed by atoms with E-state index >= 15 is 0 Å². The second-order valence-corrected chi connectivity index (χ2v) is 3.75. The second-order valence-electron chi connectivity index (χ2n) is 3.75. The number of anilines is 3. The zero-order valence-electron chi connectivity index (χ0n) is 9.36. The zero-order chi connectivity index (χ0) is 11.5. The molecule has 0 aliphatic heterocycles. The lowest BCUT2D eigenvalue weighted by molar-refractivity contribution is 1.17. The summed E-state index contributed by atoms with van der Waals surface area (Å²) >= 11 is 0. The normalized spacial score (nSPS) is 10.1. The molecule has 0 saturated carbocycles. The maximum atomic E-state index is 5.75. The van der Waals surface area contributed by atoms with Crippen LogP contribution >= 0.6 is 0 Å². The van der Waals surface area contributed by atoms with E-state index in [9.17, 15) is 0 Å². The molecule has 1 aromatic carbocycles. The lowest BCUT2D eigenvalue weighted by Gasteiger charge is -2.09. The largest absolute Gasteiger partial charge is 0.394 e. The summed E-state index contributed by atoms with van der Waals surface area (Å²) in [5.41, 5.74) is 9.77. The van der Waals surface area contributed by atoms with Gasteiger partial charge in [-0.25, -0.2) is 9.97 Å². The number of benzene rings is 1. The van der Waals surface area contributed by atoms with E-state index in [1.165, 1.54) is 17.5 Å². The van der Waals surface area contributed by atoms with Crippen molar-refractivity contribution in [2.45, 2.75) is 13.8 Å². The summed E-state index contributed by atoms with van der Waals surface area (Å²) in [6.45, 7) is 4.15. The van der Waals surface area contributed by atoms with Gasteiger partial charge >= 0.3 is 0 Å². The van der Waals surface area contributed by atoms with Crippen LogP contribution in [0, 0.1) is 13.8 Å². The smallest absolute Gasteiger partial charge is 0.157 e. The summed E-state index contributed by atoms with van der Waals surface area (Å²) in [5, 5.41) is 3.16. The van der Waals surface area contributed by atoms with E-state index in [4.69, 9.17) is 5.73 Å². The number of nitrogens with two attached hydrogens (primary N) is 1. The van der Waals surface area contributed by atoms with Gasteiger partial charge in [-0.1, -0.05) is 6.07 Å². The van der Waals surface area contributed by atoms with Crippen LogP contribution < -0.4 is 11.1 Å². The van der Waals surface area contributed by atoms with Crippen LogP contribution in [0.3, 0.4) is 0 Å². The first-order chi connectivity index (χ1) is 7.66. The number of nitrogens with zero attached hydrogens (tertiary/aromatic N) is 2. The molecule has 0 amide bonds. The summed E-state index contributed by atoms with van der Waals surface area (Å²) in [4.78, 5) is 7.92. The van der Waals surface area contributed by atoms with Crippen molar-refractivity contribution in [3.05, 3.63) is 41.9 Å². The number of hydrogen-bond acceptors (Lipinski definition) is 4. The van der Waals surface area contributed by atoms with Crippen molar-refractivity contribution in [3.63, 3.8) is 0 Å². The monoisotopic (exact) mass is 214 g/mol. The first kappa shape index (κ1) is 10.4. The van der Waals surface area contributed by atoms with Crippen molar-refractivity contribution in [1.82, 2.24) is 9.97 Å². The SMILES string of the molecule is Cc1ccc(Nc2ncncc2N)cc1C. The highest BCUT2D eigenvalue weighted by atomic mass is 15.0. The molecule has 0 aliphatic carbocycles. The van der Waals surface area contributed by atoms with Gasteiger partial charge in [0.25, 0.3) is 0 Å². The molecule has 16 heavy (non-hydrogen) atoms. The van der Waals surface area contributed by atoms with Gasteiger partial charge in [0.05, 0.1) is 11.9 Å². The molecule has 0 spiro atoms. The molecule has 3 N–H and O–H groups in total. The third kappa shape index (κ3) is 2.11. The molecule has 0 bridgehead atoms. The standard InChI is InChI=1S/C12H14N4/c1-8-3-4-10(5-9(8)2)16-12-11(13)6-14-7-15-12/h3-7H,13H2,1-2H3,(H,14,15,16). The Labute approximate surface area is 94.5 Å². The first-order valence-corrected chi connectivity index (χ1v) is 5.06. The molecular weight excluding hydrogens is 200 g/mol. The second kappa shape index (κ2) is 4.18. The Kier molecular flexibility index (Phi) is 2.72. The maximum absolute atomic E-state index is 5.75. The fraction of sp³-hybridized carbons (Fsp3) is 0.167. The van der Waals surface area contributed by atoms with Gasteiger partial charge in [0, 0.05) is 5.69 Å². The van der Waals surface area contributed by atoms with E-state index in [1.54, 1.807) is 6.20 Å². The highest BCUT2D eigenvalue weighted by molar-refractivity contribution is 5.67. The predicted octanol–water partition coefficient (Wildman–Crippen LogP) is 2.42. The molecule has 4 nitrogen and oxygen atoms in total. The summed E-state index contributed by atoms with van der Waals surface area (Å²) in [7, 11) is 0. The van der Waals surface area contributed by atoms with Crippen molar-refractivity contribution in [2.24, 2.45) is 0 Å². The Morgan fingerprint density at radius 3 is 2.69 bits per heavy atom. The van der Waals surface area contributed by atoms with Gasteiger partial charge in [0.1, 0.15) is 6.33 Å². The van der Waals surface area contributed by atoms with Gasteiger partial charge in [-0.2, -0.15) is 0 Å². The lowest BCUT2D eigenvalue weighted by Crippen LogP contribution is -1.99. The van der Waals surface area contributed by atoms with Crippen LogP contribution in [0.4, 0.5) is 17.2 Å². The van der Waals surface area contributed by atoms with Crippen LogP contribution in [0.5, 0.6) is 0 Å². The van der Waals surface area contributed by atoms with Gasteiger partial charge in [0.15, 0.2) is 5.82 Å². The van der Waals surface area contributed by atoms with Crippen LogP contribution in [0.1, 0.15) is 11.1 Å². The van der Waals surface area contributed by atoms with Crippen molar-refractivity contribution in [3.8, 4) is 0 Å². The molecule has 1 heterocycles. The van der Waals surface area contributed by atoms with Gasteiger partial charge in [-0.15, -0.1) is 0 Å². The van der Waals surface area contributed by atoms with Crippen molar-refractivity contribution < 1.29 is 0 Å². The van der Waals surface area contributed by atoms with E-state index in [0.717, 1.165) is 5.69 Å². The first-order valence-electron chi connectivity index (χ1n) is 5.06. The predicted molar refractivity (Wildman–Crippen MR) is 65.6 cm³/mol. The Hall–Kier alpha value is -2.10. The fourth-order valence-electron chi connectivity index (χ4n) is 1.40. The molecule has 4 heteroatoms. The van der Waals surface area contributed by atoms with Crippen molar-refractivity contribution >= 4 is 17.2 Å². The van der Waals surface area contributed by atoms with Gasteiger partial charge in [-0.05, 0) is 37.1 Å². The Balaban J connectivity index is 2.28. The van der Waals surface area contributed by atoms with E-state index in [0.29, 0.717) is 11.5 Å². The zero-order valence-corrected chi connectivity index (χ0v) is 9.36. The summed E-state index contributed by atoms with van der Waals surface area (Å²) < 4.78 is 0. The quantitative estimate of drug-likeness (QED) is 0.805. The fourth-order valence-corrected chi connectivity index (χ4v) is 1.40. The molecule has 2 rings (SSSR count). The minimum atomic E-state index is 0.542. The molecular formula is C12H14N4. The third-order valence-electron chi connectivity index (χ3n) is 2.51. The molecule has 1 aromatic heterocycles. The van der Waals surface area contributed by atoms with E-state index in [-0.39, 0.29) is 0 Å². The van der Waals surface area contributed by atoms with E-state index in [2.05, 4.69) is 41.3 Å². The van der Waals surface area contributed by atoms with Crippen molar-refractivity contribution in [1.29, 1.82) is 0 Å². The minimum Gasteiger partial charge on any atom is -0.394 e. The molecule has 0 atom stereocenters. The summed E-state index contributed by atoms with van der Waals surface area (Å²) in [6, 6.07) is 6.13. The van der Waals surface area contributed by atoms with Gasteiger partial charge in [0.2, 0.25) is 0 Å². The van der Waals surface area contributed by atoms with Crippen LogP contribution in [-0.2, 0) is 0 Å². The highest BCUT2D eigenvalue weighted by Gasteiger charge is 2.01. The molecule has 0 radical (unpaired) electrons. The number of hydrogen-bond donors (Lipinski definition) is 2. The Morgan fingerprint density at radius 2 is 2.00 bits per heavy atom.